The zero-order valence-electron chi connectivity index (χ0n) is 9.79. The molecule has 0 aromatic heterocycles. The van der Waals surface area contributed by atoms with Gasteiger partial charge < -0.3 is 16.0 Å². The Morgan fingerprint density at radius 1 is 1.28 bits per heavy atom. The van der Waals surface area contributed by atoms with Crippen LogP contribution < -0.4 is 16.0 Å². The highest BCUT2D eigenvalue weighted by Gasteiger charge is 2.51. The van der Waals surface area contributed by atoms with Crippen LogP contribution in [0.25, 0.3) is 0 Å². The van der Waals surface area contributed by atoms with E-state index >= 15 is 0 Å². The van der Waals surface area contributed by atoms with E-state index < -0.39 is 5.54 Å². The van der Waals surface area contributed by atoms with Crippen LogP contribution in [-0.2, 0) is 4.79 Å². The lowest BCUT2D eigenvalue weighted by Gasteiger charge is -2.36. The highest BCUT2D eigenvalue weighted by atomic mass is 16.1. The molecule has 0 radical (unpaired) electrons. The first kappa shape index (κ1) is 9.76. The number of carbonyl (C=O) groups is 1. The molecule has 4 nitrogen and oxygen atoms in total. The summed E-state index contributed by atoms with van der Waals surface area (Å²) in [4.78, 5) is 12.5. The average Bonchev–Trinajstić information content (AvgIpc) is 2.58. The second-order valence-electron chi connectivity index (χ2n) is 4.81. The summed E-state index contributed by atoms with van der Waals surface area (Å²) >= 11 is 0. The predicted octanol–water partition coefficient (Wildman–Crippen LogP) is 0.599. The first-order valence-corrected chi connectivity index (χ1v) is 6.14. The van der Waals surface area contributed by atoms with Gasteiger partial charge in [0.15, 0.2) is 11.3 Å². The summed E-state index contributed by atoms with van der Waals surface area (Å²) in [7, 11) is 0. The van der Waals surface area contributed by atoms with Crippen LogP contribution in [0.15, 0.2) is 59.2 Å². The van der Waals surface area contributed by atoms with Gasteiger partial charge in [0.2, 0.25) is 0 Å². The maximum absolute atomic E-state index is 12.5. The zero-order valence-corrected chi connectivity index (χ0v) is 9.79. The lowest BCUT2D eigenvalue weighted by atomic mass is 9.79. The van der Waals surface area contributed by atoms with E-state index in [0.29, 0.717) is 0 Å². The Kier molecular flexibility index (Phi) is 1.71. The molecule has 3 heterocycles. The van der Waals surface area contributed by atoms with E-state index in [1.165, 1.54) is 0 Å². The van der Waals surface area contributed by atoms with Gasteiger partial charge in [-0.25, -0.2) is 0 Å². The third-order valence-corrected chi connectivity index (χ3v) is 3.91. The van der Waals surface area contributed by atoms with Crippen LogP contribution in [0.1, 0.15) is 6.42 Å². The molecule has 1 unspecified atom stereocenters. The quantitative estimate of drug-likeness (QED) is 0.579. The second-order valence-corrected chi connectivity index (χ2v) is 4.81. The van der Waals surface area contributed by atoms with Crippen molar-refractivity contribution in [2.45, 2.75) is 12.0 Å². The number of dihydropyridines is 1. The maximum atomic E-state index is 12.5. The van der Waals surface area contributed by atoms with Crippen molar-refractivity contribution in [1.29, 1.82) is 0 Å². The second kappa shape index (κ2) is 3.16. The lowest BCUT2D eigenvalue weighted by Crippen LogP contribution is -2.52. The van der Waals surface area contributed by atoms with Crippen molar-refractivity contribution >= 4 is 5.78 Å². The van der Waals surface area contributed by atoms with E-state index in [9.17, 15) is 4.79 Å². The minimum Gasteiger partial charge on any atom is -0.384 e. The van der Waals surface area contributed by atoms with Gasteiger partial charge in [0.25, 0.3) is 0 Å². The molecule has 18 heavy (non-hydrogen) atoms. The maximum Gasteiger partial charge on any atom is 0.192 e. The molecule has 4 rings (SSSR count). The molecule has 0 bridgehead atoms. The van der Waals surface area contributed by atoms with E-state index in [1.807, 2.05) is 30.6 Å². The van der Waals surface area contributed by atoms with Gasteiger partial charge in [0.05, 0.1) is 0 Å². The van der Waals surface area contributed by atoms with Crippen LogP contribution in [0.5, 0.6) is 0 Å². The molecular weight excluding hydrogens is 226 g/mol. The van der Waals surface area contributed by atoms with E-state index in [4.69, 9.17) is 0 Å². The number of carbonyl (C=O) groups excluding carboxylic acids is 1. The van der Waals surface area contributed by atoms with Gasteiger partial charge in [-0.05, 0) is 23.9 Å². The van der Waals surface area contributed by atoms with E-state index in [0.717, 1.165) is 35.5 Å². The van der Waals surface area contributed by atoms with Gasteiger partial charge in [0, 0.05) is 42.2 Å². The topological polar surface area (TPSA) is 53.2 Å². The Morgan fingerprint density at radius 3 is 3.17 bits per heavy atom. The summed E-state index contributed by atoms with van der Waals surface area (Å²) in [5.41, 5.74) is 3.41. The molecule has 1 atom stereocenters. The fourth-order valence-electron chi connectivity index (χ4n) is 3.13. The molecule has 4 heteroatoms. The van der Waals surface area contributed by atoms with Crippen molar-refractivity contribution < 1.29 is 4.79 Å². The Bertz CT molecular complexity index is 607. The van der Waals surface area contributed by atoms with Gasteiger partial charge >= 0.3 is 0 Å². The van der Waals surface area contributed by atoms with E-state index in [2.05, 4.69) is 16.0 Å². The molecule has 90 valence electrons. The monoisotopic (exact) mass is 239 g/mol. The van der Waals surface area contributed by atoms with Crippen LogP contribution >= 0.6 is 0 Å². The Hall–Kier alpha value is -2.23. The van der Waals surface area contributed by atoms with Gasteiger partial charge in [-0.1, -0.05) is 6.08 Å². The first-order valence-electron chi connectivity index (χ1n) is 6.14. The third kappa shape index (κ3) is 0.984. The molecular formula is C14H13N3O. The third-order valence-electron chi connectivity index (χ3n) is 3.91. The number of nitrogens with one attached hydrogen (secondary N) is 3. The first-order chi connectivity index (χ1) is 8.82. The zero-order chi connectivity index (χ0) is 12.2. The summed E-state index contributed by atoms with van der Waals surface area (Å²) in [6.45, 7) is 0.865. The Morgan fingerprint density at radius 2 is 2.22 bits per heavy atom. The molecule has 3 aliphatic heterocycles. The minimum absolute atomic E-state index is 0.100. The standard InChI is InChI=1S/C14H13N3O/c18-12-8-11-13-10(4-7-16-11)15-6-3-9-2-1-5-17-14(9,12)13/h1-3,5-6,8,15-17H,4,7H2. The molecule has 0 amide bonds. The number of ketones is 1. The number of allylic oxidation sites excluding steroid dienone is 2. The minimum atomic E-state index is -0.715. The van der Waals surface area contributed by atoms with Crippen molar-refractivity contribution in [2.24, 2.45) is 0 Å². The molecule has 1 aliphatic carbocycles. The van der Waals surface area contributed by atoms with Gasteiger partial charge in [-0.3, -0.25) is 4.79 Å². The molecule has 0 saturated carbocycles. The number of rotatable bonds is 0. The van der Waals surface area contributed by atoms with Gasteiger partial charge in [-0.2, -0.15) is 0 Å². The summed E-state index contributed by atoms with van der Waals surface area (Å²) in [6.07, 6.45) is 12.3. The Labute approximate surface area is 105 Å². The normalized spacial score (nSPS) is 31.4. The molecule has 3 N–H and O–H groups in total. The summed E-state index contributed by atoms with van der Waals surface area (Å²) < 4.78 is 0. The van der Waals surface area contributed by atoms with Crippen LogP contribution in [0.3, 0.4) is 0 Å². The lowest BCUT2D eigenvalue weighted by molar-refractivity contribution is -0.117. The molecule has 0 aromatic rings. The number of hydrogen-bond donors (Lipinski definition) is 3. The highest BCUT2D eigenvalue weighted by molar-refractivity contribution is 6.10. The smallest absolute Gasteiger partial charge is 0.192 e. The van der Waals surface area contributed by atoms with Crippen LogP contribution in [0, 0.1) is 0 Å². The Balaban J connectivity index is 2.03. The molecule has 0 saturated heterocycles. The molecule has 0 fully saturated rings. The SMILES string of the molecule is O=C1C=C2NCCC3=C2C12NC=CC=C2C=CN3. The van der Waals surface area contributed by atoms with Crippen molar-refractivity contribution in [3.8, 4) is 0 Å². The van der Waals surface area contributed by atoms with Gasteiger partial charge in [-0.15, -0.1) is 0 Å². The van der Waals surface area contributed by atoms with Crippen LogP contribution in [0.4, 0.5) is 0 Å². The van der Waals surface area contributed by atoms with E-state index in [-0.39, 0.29) is 5.78 Å². The molecule has 0 aromatic carbocycles. The van der Waals surface area contributed by atoms with Crippen LogP contribution in [-0.4, -0.2) is 17.9 Å². The highest BCUT2D eigenvalue weighted by Crippen LogP contribution is 2.43. The van der Waals surface area contributed by atoms with Crippen LogP contribution in [0.2, 0.25) is 0 Å². The van der Waals surface area contributed by atoms with Crippen molar-refractivity contribution in [3.63, 3.8) is 0 Å². The van der Waals surface area contributed by atoms with Crippen molar-refractivity contribution in [2.75, 3.05) is 6.54 Å². The average molecular weight is 239 g/mol. The molecule has 1 spiro atoms. The number of hydrogen-bond acceptors (Lipinski definition) is 4. The fraction of sp³-hybridized carbons (Fsp3) is 0.214. The fourth-order valence-corrected chi connectivity index (χ4v) is 3.13. The summed E-state index contributed by atoms with van der Waals surface area (Å²) in [5, 5.41) is 9.91. The summed E-state index contributed by atoms with van der Waals surface area (Å²) in [6, 6.07) is 0. The summed E-state index contributed by atoms with van der Waals surface area (Å²) in [5.74, 6) is 0.100. The van der Waals surface area contributed by atoms with Crippen molar-refractivity contribution in [3.05, 3.63) is 59.2 Å². The largest absolute Gasteiger partial charge is 0.384 e. The van der Waals surface area contributed by atoms with Gasteiger partial charge in [0.1, 0.15) is 0 Å². The van der Waals surface area contributed by atoms with E-state index in [1.54, 1.807) is 6.08 Å². The predicted molar refractivity (Wildman–Crippen MR) is 68.1 cm³/mol. The molecule has 4 aliphatic rings. The van der Waals surface area contributed by atoms with Crippen molar-refractivity contribution in [1.82, 2.24) is 16.0 Å².